The molecular formula is C20H21F3N6O2. The van der Waals surface area contributed by atoms with E-state index in [1.807, 2.05) is 24.3 Å². The Hall–Kier alpha value is -2.92. The van der Waals surface area contributed by atoms with Gasteiger partial charge in [0.25, 0.3) is 11.6 Å². The molecule has 2 aliphatic rings. The first-order chi connectivity index (χ1) is 14.9. The zero-order valence-corrected chi connectivity index (χ0v) is 16.7. The Morgan fingerprint density at radius 3 is 2.84 bits per heavy atom. The predicted molar refractivity (Wildman–Crippen MR) is 105 cm³/mol. The van der Waals surface area contributed by atoms with Crippen LogP contribution in [-0.4, -0.2) is 63.4 Å². The molecule has 1 saturated heterocycles. The third-order valence-corrected chi connectivity index (χ3v) is 5.82. The van der Waals surface area contributed by atoms with Crippen LogP contribution in [0, 0.1) is 0 Å². The minimum absolute atomic E-state index is 0.0381. The number of anilines is 1. The third kappa shape index (κ3) is 3.68. The number of fused-ring (bicyclic) bond motifs is 2. The van der Waals surface area contributed by atoms with Gasteiger partial charge < -0.3 is 14.8 Å². The summed E-state index contributed by atoms with van der Waals surface area (Å²) in [4.78, 5) is 9.75. The van der Waals surface area contributed by atoms with Gasteiger partial charge in [-0.2, -0.15) is 22.7 Å². The van der Waals surface area contributed by atoms with Crippen molar-refractivity contribution in [1.82, 2.24) is 24.5 Å². The second-order valence-corrected chi connectivity index (χ2v) is 7.65. The van der Waals surface area contributed by atoms with E-state index in [1.165, 1.54) is 6.20 Å². The highest BCUT2D eigenvalue weighted by Gasteiger charge is 2.39. The van der Waals surface area contributed by atoms with E-state index in [9.17, 15) is 13.2 Å². The molecule has 1 fully saturated rings. The smallest absolute Gasteiger partial charge is 0.453 e. The second kappa shape index (κ2) is 7.65. The highest BCUT2D eigenvalue weighted by molar-refractivity contribution is 5.49. The van der Waals surface area contributed by atoms with Crippen LogP contribution in [0.5, 0.6) is 5.75 Å². The summed E-state index contributed by atoms with van der Waals surface area (Å²) in [5, 5.41) is 7.04. The number of likely N-dealkylation sites (tertiary alicyclic amines) is 1. The normalized spacial score (nSPS) is 24.2. The summed E-state index contributed by atoms with van der Waals surface area (Å²) in [5.41, 5.74) is 0.931. The van der Waals surface area contributed by atoms with Crippen molar-refractivity contribution in [3.8, 4) is 5.75 Å². The molecule has 2 aromatic heterocycles. The number of alkyl halides is 3. The molecular weight excluding hydrogens is 413 g/mol. The highest BCUT2D eigenvalue weighted by Crippen LogP contribution is 2.38. The number of para-hydroxylation sites is 1. The van der Waals surface area contributed by atoms with E-state index in [1.54, 1.807) is 13.2 Å². The summed E-state index contributed by atoms with van der Waals surface area (Å²) >= 11 is 0. The molecule has 3 aromatic rings. The minimum atomic E-state index is -4.65. The maximum absolute atomic E-state index is 13.1. The van der Waals surface area contributed by atoms with Crippen LogP contribution in [0.3, 0.4) is 0 Å². The van der Waals surface area contributed by atoms with Gasteiger partial charge in [-0.15, -0.1) is 5.10 Å². The quantitative estimate of drug-likeness (QED) is 0.677. The summed E-state index contributed by atoms with van der Waals surface area (Å²) < 4.78 is 52.0. The lowest BCUT2D eigenvalue weighted by molar-refractivity contribution is -0.144. The van der Waals surface area contributed by atoms with Gasteiger partial charge in [0.2, 0.25) is 0 Å². The molecule has 4 heterocycles. The Labute approximate surface area is 176 Å². The number of ether oxygens (including phenoxy) is 2. The molecule has 11 heteroatoms. The van der Waals surface area contributed by atoms with Gasteiger partial charge in [0.05, 0.1) is 18.2 Å². The number of nitrogens with zero attached hydrogens (tertiary/aromatic N) is 5. The molecule has 0 bridgehead atoms. The number of rotatable bonds is 4. The van der Waals surface area contributed by atoms with Crippen LogP contribution in [0.1, 0.15) is 23.9 Å². The van der Waals surface area contributed by atoms with E-state index in [0.29, 0.717) is 12.4 Å². The Balaban J connectivity index is 1.52. The van der Waals surface area contributed by atoms with E-state index in [4.69, 9.17) is 9.47 Å². The van der Waals surface area contributed by atoms with Crippen molar-refractivity contribution in [1.29, 1.82) is 0 Å². The summed E-state index contributed by atoms with van der Waals surface area (Å²) in [7, 11) is 1.70. The van der Waals surface area contributed by atoms with Gasteiger partial charge in [0.1, 0.15) is 18.2 Å². The van der Waals surface area contributed by atoms with Crippen LogP contribution >= 0.6 is 0 Å². The molecule has 0 spiro atoms. The lowest BCUT2D eigenvalue weighted by Crippen LogP contribution is -2.47. The van der Waals surface area contributed by atoms with Gasteiger partial charge in [-0.3, -0.25) is 4.90 Å². The summed E-state index contributed by atoms with van der Waals surface area (Å²) in [6, 6.07) is 8.99. The van der Waals surface area contributed by atoms with Crippen molar-refractivity contribution in [3.05, 3.63) is 47.9 Å². The van der Waals surface area contributed by atoms with Crippen molar-refractivity contribution in [3.63, 3.8) is 0 Å². The molecule has 3 atom stereocenters. The van der Waals surface area contributed by atoms with Crippen molar-refractivity contribution in [2.75, 3.05) is 32.1 Å². The van der Waals surface area contributed by atoms with E-state index in [-0.39, 0.29) is 24.0 Å². The van der Waals surface area contributed by atoms with Gasteiger partial charge in [-0.25, -0.2) is 4.98 Å². The summed E-state index contributed by atoms with van der Waals surface area (Å²) in [6.45, 7) is 2.06. The first kappa shape index (κ1) is 20.0. The van der Waals surface area contributed by atoms with E-state index < -0.39 is 12.0 Å². The lowest BCUT2D eigenvalue weighted by Gasteiger charge is -2.39. The standard InChI is InChI=1S/C20H21F3N6O2/c1-30-12-7-9-28(10-12)14-11-31-15-5-3-2-4-13(15)17(14)25-16-6-8-24-19-26-18(20(21,22)23)27-29(16)19/h2-6,8,12,14,17,25H,7,9-11H2,1H3. The van der Waals surface area contributed by atoms with Gasteiger partial charge in [0.15, 0.2) is 0 Å². The number of hydrogen-bond donors (Lipinski definition) is 1. The van der Waals surface area contributed by atoms with Gasteiger partial charge in [0, 0.05) is 32.0 Å². The number of hydrogen-bond acceptors (Lipinski definition) is 7. The molecule has 164 valence electrons. The summed E-state index contributed by atoms with van der Waals surface area (Å²) in [6.07, 6.45) is -2.17. The van der Waals surface area contributed by atoms with E-state index in [0.717, 1.165) is 35.3 Å². The van der Waals surface area contributed by atoms with Crippen LogP contribution in [0.2, 0.25) is 0 Å². The molecule has 0 aliphatic carbocycles. The van der Waals surface area contributed by atoms with E-state index in [2.05, 4.69) is 25.3 Å². The minimum Gasteiger partial charge on any atom is -0.491 e. The molecule has 8 nitrogen and oxygen atoms in total. The molecule has 0 amide bonds. The van der Waals surface area contributed by atoms with Gasteiger partial charge in [-0.05, 0) is 18.6 Å². The maximum atomic E-state index is 13.1. The van der Waals surface area contributed by atoms with Crippen molar-refractivity contribution in [2.24, 2.45) is 0 Å². The van der Waals surface area contributed by atoms with Crippen LogP contribution in [0.15, 0.2) is 36.5 Å². The van der Waals surface area contributed by atoms with Gasteiger partial charge in [-0.1, -0.05) is 18.2 Å². The first-order valence-electron chi connectivity index (χ1n) is 9.98. The third-order valence-electron chi connectivity index (χ3n) is 5.82. The number of methoxy groups -OCH3 is 1. The van der Waals surface area contributed by atoms with Crippen molar-refractivity contribution in [2.45, 2.75) is 30.8 Å². The predicted octanol–water partition coefficient (Wildman–Crippen LogP) is 2.78. The average molecular weight is 434 g/mol. The highest BCUT2D eigenvalue weighted by atomic mass is 19.4. The fourth-order valence-corrected chi connectivity index (χ4v) is 4.27. The van der Waals surface area contributed by atoms with Crippen LogP contribution < -0.4 is 10.1 Å². The van der Waals surface area contributed by atoms with Gasteiger partial charge >= 0.3 is 6.18 Å². The van der Waals surface area contributed by atoms with Crippen LogP contribution in [-0.2, 0) is 10.9 Å². The number of benzene rings is 1. The SMILES string of the molecule is COC1CCN(C2COc3ccccc3C2Nc2ccnc3nc(C(F)(F)F)nn23)C1. The van der Waals surface area contributed by atoms with Crippen LogP contribution in [0.25, 0.3) is 5.78 Å². The average Bonchev–Trinajstić information content (AvgIpc) is 3.41. The fraction of sp³-hybridized carbons (Fsp3) is 0.450. The summed E-state index contributed by atoms with van der Waals surface area (Å²) in [5.74, 6) is -0.212. The molecule has 0 radical (unpaired) electrons. The van der Waals surface area contributed by atoms with Crippen LogP contribution in [0.4, 0.5) is 19.0 Å². The Bertz CT molecular complexity index is 1090. The zero-order chi connectivity index (χ0) is 21.6. The number of nitrogens with one attached hydrogen (secondary N) is 1. The molecule has 1 aromatic carbocycles. The Kier molecular flexibility index (Phi) is 4.94. The molecule has 2 aliphatic heterocycles. The topological polar surface area (TPSA) is 76.8 Å². The van der Waals surface area contributed by atoms with E-state index >= 15 is 0 Å². The molecule has 31 heavy (non-hydrogen) atoms. The largest absolute Gasteiger partial charge is 0.491 e. The zero-order valence-electron chi connectivity index (χ0n) is 16.7. The first-order valence-corrected chi connectivity index (χ1v) is 9.98. The van der Waals surface area contributed by atoms with Crippen molar-refractivity contribution >= 4 is 11.6 Å². The number of aromatic nitrogens is 4. The molecule has 1 N–H and O–H groups in total. The lowest BCUT2D eigenvalue weighted by atomic mass is 9.95. The monoisotopic (exact) mass is 434 g/mol. The maximum Gasteiger partial charge on any atom is 0.453 e. The second-order valence-electron chi connectivity index (χ2n) is 7.65. The Morgan fingerprint density at radius 1 is 1.23 bits per heavy atom. The molecule has 3 unspecified atom stereocenters. The Morgan fingerprint density at radius 2 is 2.06 bits per heavy atom. The fourth-order valence-electron chi connectivity index (χ4n) is 4.27. The number of halogens is 3. The molecule has 5 rings (SSSR count). The van der Waals surface area contributed by atoms with Crippen molar-refractivity contribution < 1.29 is 22.6 Å². The molecule has 0 saturated carbocycles.